The molecule has 0 bridgehead atoms. The lowest BCUT2D eigenvalue weighted by Gasteiger charge is -2.11. The molecule has 0 saturated heterocycles. The van der Waals surface area contributed by atoms with Crippen molar-refractivity contribution in [1.29, 1.82) is 0 Å². The molecule has 0 nitrogen and oxygen atoms in total. The molecule has 6 heteroatoms. The van der Waals surface area contributed by atoms with Crippen LogP contribution in [-0.4, -0.2) is 0 Å². The van der Waals surface area contributed by atoms with Gasteiger partial charge in [-0.3, -0.25) is 0 Å². The predicted molar refractivity (Wildman–Crippen MR) is 127 cm³/mol. The lowest BCUT2D eigenvalue weighted by atomic mass is 10.1. The monoisotopic (exact) mass is 908 g/mol. The van der Waals surface area contributed by atoms with Gasteiger partial charge in [-0.15, -0.1) is 0 Å². The Morgan fingerprint density at radius 1 is 0.667 bits per heavy atom. The largest absolute Gasteiger partial charge is 0.0521 e. The van der Waals surface area contributed by atoms with E-state index in [-0.39, 0.29) is 0 Å². The summed E-state index contributed by atoms with van der Waals surface area (Å²) in [5.74, 6) is 0. The molecule has 0 heterocycles. The Bertz CT molecular complexity index is 565. The van der Waals surface area contributed by atoms with Gasteiger partial charge in [-0.05, 0) is 159 Å². The number of halogens is 6. The number of rotatable bonds is 1. The fraction of sp³-hybridized carbons (Fsp3) is 0. The summed E-state index contributed by atoms with van der Waals surface area (Å²) >= 11 is 14.4. The Morgan fingerprint density at radius 2 is 1.28 bits per heavy atom. The van der Waals surface area contributed by atoms with Crippen LogP contribution in [-0.2, 0) is 0 Å². The van der Waals surface area contributed by atoms with Gasteiger partial charge in [0.05, 0.1) is 0 Å². The molecule has 0 aliphatic carbocycles. The lowest BCUT2D eigenvalue weighted by Crippen LogP contribution is -1.95. The molecule has 2 aromatic rings. The minimum atomic E-state index is 1.21. The Morgan fingerprint density at radius 3 is 1.94 bits per heavy atom. The van der Waals surface area contributed by atoms with E-state index >= 15 is 0 Å². The molecule has 18 heavy (non-hydrogen) atoms. The minimum absolute atomic E-state index is 1.21. The van der Waals surface area contributed by atoms with Crippen molar-refractivity contribution in [3.8, 4) is 11.1 Å². The van der Waals surface area contributed by atoms with Crippen LogP contribution in [0.25, 0.3) is 11.1 Å². The molecule has 1 radical (unpaired) electrons. The third-order valence-corrected chi connectivity index (χ3v) is 12.6. The topological polar surface area (TPSA) is 0 Å². The maximum absolute atomic E-state index is 3.42. The maximum atomic E-state index is 3.42. The maximum Gasteiger partial charge on any atom is 0.0404 e. The molecule has 0 aromatic heterocycles. The molecule has 0 unspecified atom stereocenters. The van der Waals surface area contributed by atoms with E-state index in [0.717, 1.165) is 0 Å². The second-order valence-electron chi connectivity index (χ2n) is 3.36. The summed E-state index contributed by atoms with van der Waals surface area (Å²) in [5.41, 5.74) is 2.48. The summed E-state index contributed by atoms with van der Waals surface area (Å²) in [6.07, 6.45) is 0. The van der Waals surface area contributed by atoms with E-state index in [4.69, 9.17) is 0 Å². The van der Waals surface area contributed by atoms with Gasteiger partial charge in [0.15, 0.2) is 0 Å². The SMILES string of the molecule is Ic1c[c]c(-c2ccc(I)c(I)c2I)c(I)c1I. The van der Waals surface area contributed by atoms with E-state index in [1.807, 2.05) is 0 Å². The quantitative estimate of drug-likeness (QED) is 0.219. The zero-order chi connectivity index (χ0) is 13.4. The van der Waals surface area contributed by atoms with Gasteiger partial charge < -0.3 is 0 Å². The van der Waals surface area contributed by atoms with E-state index in [9.17, 15) is 0 Å². The molecule has 0 amide bonds. The zero-order valence-corrected chi connectivity index (χ0v) is 21.4. The molecule has 0 aliphatic rings. The summed E-state index contributed by atoms with van der Waals surface area (Å²) in [7, 11) is 0. The van der Waals surface area contributed by atoms with Gasteiger partial charge in [0.25, 0.3) is 0 Å². The highest BCUT2D eigenvalue weighted by molar-refractivity contribution is 14.1. The van der Waals surface area contributed by atoms with Gasteiger partial charge in [0.1, 0.15) is 0 Å². The fourth-order valence-corrected chi connectivity index (χ4v) is 5.67. The average molecular weight is 909 g/mol. The zero-order valence-electron chi connectivity index (χ0n) is 8.50. The molecule has 0 spiro atoms. The first-order valence-electron chi connectivity index (χ1n) is 4.62. The van der Waals surface area contributed by atoms with E-state index in [2.05, 4.69) is 160 Å². The Hall–Kier alpha value is 2.82. The van der Waals surface area contributed by atoms with Gasteiger partial charge >= 0.3 is 0 Å². The summed E-state index contributed by atoms with van der Waals surface area (Å²) in [5, 5.41) is 0. The van der Waals surface area contributed by atoms with Crippen LogP contribution >= 0.6 is 136 Å². The van der Waals surface area contributed by atoms with Crippen molar-refractivity contribution in [3.05, 3.63) is 45.7 Å². The average Bonchev–Trinajstić information content (AvgIpc) is 2.35. The van der Waals surface area contributed by atoms with Crippen molar-refractivity contribution >= 4 is 136 Å². The highest BCUT2D eigenvalue weighted by Gasteiger charge is 2.14. The van der Waals surface area contributed by atoms with Crippen LogP contribution in [0.3, 0.4) is 0 Å². The first-order chi connectivity index (χ1) is 8.43. The van der Waals surface area contributed by atoms with Crippen LogP contribution in [0.2, 0.25) is 0 Å². The molecule has 0 atom stereocenters. The van der Waals surface area contributed by atoms with Crippen molar-refractivity contribution in [3.63, 3.8) is 0 Å². The molecule has 2 aromatic carbocycles. The highest BCUT2D eigenvalue weighted by atomic mass is 127. The van der Waals surface area contributed by atoms with Crippen LogP contribution in [0.5, 0.6) is 0 Å². The first kappa shape index (κ1) is 17.2. The summed E-state index contributed by atoms with van der Waals surface area (Å²) in [4.78, 5) is 0. The third-order valence-electron chi connectivity index (χ3n) is 2.27. The molecule has 0 N–H and O–H groups in total. The lowest BCUT2D eigenvalue weighted by molar-refractivity contribution is 1.45. The summed E-state index contributed by atoms with van der Waals surface area (Å²) < 4.78 is 7.80. The van der Waals surface area contributed by atoms with Crippen molar-refractivity contribution in [1.82, 2.24) is 0 Å². The van der Waals surface area contributed by atoms with Gasteiger partial charge in [0.2, 0.25) is 0 Å². The first-order valence-corrected chi connectivity index (χ1v) is 11.1. The van der Waals surface area contributed by atoms with Crippen LogP contribution in [0.4, 0.5) is 0 Å². The van der Waals surface area contributed by atoms with Crippen LogP contribution in [0.15, 0.2) is 18.2 Å². The Balaban J connectivity index is 2.71. The van der Waals surface area contributed by atoms with Crippen molar-refractivity contribution in [2.45, 2.75) is 0 Å². The van der Waals surface area contributed by atoms with Crippen molar-refractivity contribution in [2.75, 3.05) is 0 Å². The van der Waals surface area contributed by atoms with Gasteiger partial charge in [-0.2, -0.15) is 0 Å². The van der Waals surface area contributed by atoms with E-state index in [1.165, 1.54) is 32.5 Å². The molecule has 0 saturated carbocycles. The normalized spacial score (nSPS) is 10.8. The summed E-state index contributed by atoms with van der Waals surface area (Å²) in [6.45, 7) is 0. The van der Waals surface area contributed by atoms with Gasteiger partial charge in [-0.25, -0.2) is 0 Å². The van der Waals surface area contributed by atoms with Gasteiger partial charge in [-0.1, -0.05) is 6.07 Å². The van der Waals surface area contributed by atoms with Crippen LogP contribution < -0.4 is 0 Å². The number of hydrogen-bond acceptors (Lipinski definition) is 0. The van der Waals surface area contributed by atoms with Gasteiger partial charge in [0, 0.05) is 27.0 Å². The number of hydrogen-bond donors (Lipinski definition) is 0. The van der Waals surface area contributed by atoms with E-state index < -0.39 is 0 Å². The minimum Gasteiger partial charge on any atom is -0.0521 e. The fourth-order valence-electron chi connectivity index (χ4n) is 1.39. The van der Waals surface area contributed by atoms with Crippen molar-refractivity contribution < 1.29 is 0 Å². The second-order valence-corrected chi connectivity index (χ2v) is 10.0. The second kappa shape index (κ2) is 7.39. The highest BCUT2D eigenvalue weighted by Crippen LogP contribution is 2.36. The van der Waals surface area contributed by atoms with Crippen LogP contribution in [0.1, 0.15) is 0 Å². The Kier molecular flexibility index (Phi) is 7.05. The molecule has 0 fully saturated rings. The number of benzene rings is 2. The van der Waals surface area contributed by atoms with Crippen molar-refractivity contribution in [2.24, 2.45) is 0 Å². The molecular formula is C12H3I6. The molecule has 2 rings (SSSR count). The van der Waals surface area contributed by atoms with E-state index in [1.54, 1.807) is 0 Å². The molecular weight excluding hydrogens is 906 g/mol. The van der Waals surface area contributed by atoms with Crippen LogP contribution in [0, 0.1) is 27.5 Å². The third kappa shape index (κ3) is 3.59. The predicted octanol–water partition coefficient (Wildman–Crippen LogP) is 6.78. The van der Waals surface area contributed by atoms with E-state index in [0.29, 0.717) is 0 Å². The standard InChI is InChI=1S/C12H3I6/c13-7-3-1-5(9(15)11(7)17)6-2-4-8(14)12(18)10(6)16/h1,3-4H. The smallest absolute Gasteiger partial charge is 0.0404 e. The Labute approximate surface area is 188 Å². The molecule has 93 valence electrons. The molecule has 0 aliphatic heterocycles. The summed E-state index contributed by atoms with van der Waals surface area (Å²) in [6, 6.07) is 9.86.